The number of carbonyl (C=O) groups excluding carboxylic acids is 1. The predicted molar refractivity (Wildman–Crippen MR) is 76.2 cm³/mol. The Morgan fingerprint density at radius 3 is 2.00 bits per heavy atom. The first-order chi connectivity index (χ1) is 9.14. The Morgan fingerprint density at radius 1 is 1.10 bits per heavy atom. The molecule has 1 aliphatic rings. The fraction of sp³-hybridized carbons (Fsp3) is 0.533. The van der Waals surface area contributed by atoms with E-state index in [1.54, 1.807) is 6.92 Å². The second-order valence-corrected chi connectivity index (χ2v) is 6.28. The lowest BCUT2D eigenvalue weighted by atomic mass is 9.69. The van der Waals surface area contributed by atoms with Gasteiger partial charge in [0.05, 0.1) is 17.0 Å². The third-order valence-electron chi connectivity index (χ3n) is 4.22. The molecule has 0 unspecified atom stereocenters. The summed E-state index contributed by atoms with van der Waals surface area (Å²) in [6.45, 7) is 9.56. The summed E-state index contributed by atoms with van der Waals surface area (Å²) in [5, 5.41) is 0. The first-order valence-electron chi connectivity index (χ1n) is 6.79. The SMILES string of the molecule is C[C@@H](B1OC(C)(C)C(C)(C)O1)C(=O)c1ccc(F)cc1. The van der Waals surface area contributed by atoms with E-state index < -0.39 is 24.1 Å². The molecule has 1 atom stereocenters. The van der Waals surface area contributed by atoms with Crippen LogP contribution in [-0.4, -0.2) is 24.1 Å². The third-order valence-corrected chi connectivity index (χ3v) is 4.22. The highest BCUT2D eigenvalue weighted by Gasteiger charge is 2.54. The van der Waals surface area contributed by atoms with E-state index >= 15 is 0 Å². The number of benzene rings is 1. The molecule has 0 amide bonds. The van der Waals surface area contributed by atoms with Gasteiger partial charge in [0, 0.05) is 5.56 Å². The van der Waals surface area contributed by atoms with Crippen molar-refractivity contribution in [2.45, 2.75) is 51.6 Å². The Bertz CT molecular complexity index is 494. The molecule has 0 radical (unpaired) electrons. The Morgan fingerprint density at radius 2 is 1.55 bits per heavy atom. The maximum atomic E-state index is 12.9. The fourth-order valence-corrected chi connectivity index (χ4v) is 2.09. The van der Waals surface area contributed by atoms with Gasteiger partial charge in [-0.15, -0.1) is 0 Å². The molecule has 20 heavy (non-hydrogen) atoms. The highest BCUT2D eigenvalue weighted by Crippen LogP contribution is 2.40. The molecule has 0 bridgehead atoms. The van der Waals surface area contributed by atoms with Gasteiger partial charge in [-0.3, -0.25) is 4.79 Å². The molecule has 0 saturated carbocycles. The predicted octanol–water partition coefficient (Wildman–Crippen LogP) is 3.49. The van der Waals surface area contributed by atoms with Crippen LogP contribution in [0.15, 0.2) is 24.3 Å². The van der Waals surface area contributed by atoms with Gasteiger partial charge in [0.25, 0.3) is 0 Å². The summed E-state index contributed by atoms with van der Waals surface area (Å²) in [7, 11) is -0.586. The van der Waals surface area contributed by atoms with Gasteiger partial charge < -0.3 is 9.31 Å². The van der Waals surface area contributed by atoms with Crippen LogP contribution in [0.2, 0.25) is 5.82 Å². The number of ketones is 1. The number of carbonyl (C=O) groups is 1. The van der Waals surface area contributed by atoms with E-state index in [-0.39, 0.29) is 11.6 Å². The molecule has 1 aliphatic heterocycles. The van der Waals surface area contributed by atoms with Crippen LogP contribution in [0.3, 0.4) is 0 Å². The summed E-state index contributed by atoms with van der Waals surface area (Å²) in [5.41, 5.74) is -0.460. The van der Waals surface area contributed by atoms with Gasteiger partial charge in [-0.2, -0.15) is 0 Å². The van der Waals surface area contributed by atoms with E-state index in [0.717, 1.165) is 0 Å². The van der Waals surface area contributed by atoms with E-state index in [1.165, 1.54) is 24.3 Å². The van der Waals surface area contributed by atoms with Crippen LogP contribution in [0.5, 0.6) is 0 Å². The average molecular weight is 278 g/mol. The zero-order valence-electron chi connectivity index (χ0n) is 12.6. The van der Waals surface area contributed by atoms with Gasteiger partial charge in [0.1, 0.15) is 5.82 Å². The molecule has 1 saturated heterocycles. The highest BCUT2D eigenvalue weighted by molar-refractivity contribution is 6.53. The van der Waals surface area contributed by atoms with Gasteiger partial charge >= 0.3 is 7.12 Å². The first kappa shape index (κ1) is 15.2. The lowest BCUT2D eigenvalue weighted by molar-refractivity contribution is 0.00578. The quantitative estimate of drug-likeness (QED) is 0.627. The summed E-state index contributed by atoms with van der Waals surface area (Å²) < 4.78 is 24.6. The fourth-order valence-electron chi connectivity index (χ4n) is 2.09. The summed E-state index contributed by atoms with van der Waals surface area (Å²) in [4.78, 5) is 12.4. The second kappa shape index (κ2) is 4.97. The van der Waals surface area contributed by atoms with Crippen molar-refractivity contribution in [3.63, 3.8) is 0 Å². The van der Waals surface area contributed by atoms with Crippen molar-refractivity contribution in [2.75, 3.05) is 0 Å². The van der Waals surface area contributed by atoms with E-state index in [4.69, 9.17) is 9.31 Å². The molecule has 0 aromatic heterocycles. The van der Waals surface area contributed by atoms with Crippen LogP contribution in [0.25, 0.3) is 0 Å². The summed E-state index contributed by atoms with van der Waals surface area (Å²) >= 11 is 0. The summed E-state index contributed by atoms with van der Waals surface area (Å²) in [6.07, 6.45) is 0. The van der Waals surface area contributed by atoms with E-state index in [0.29, 0.717) is 5.56 Å². The summed E-state index contributed by atoms with van der Waals surface area (Å²) in [5.74, 6) is -0.908. The molecular formula is C15H20BFO3. The number of halogens is 1. The van der Waals surface area contributed by atoms with Crippen molar-refractivity contribution in [1.29, 1.82) is 0 Å². The molecule has 0 N–H and O–H groups in total. The van der Waals surface area contributed by atoms with Crippen molar-refractivity contribution in [3.05, 3.63) is 35.6 Å². The molecule has 2 rings (SSSR count). The third kappa shape index (κ3) is 2.65. The van der Waals surface area contributed by atoms with Crippen molar-refractivity contribution in [1.82, 2.24) is 0 Å². The maximum Gasteiger partial charge on any atom is 0.469 e. The van der Waals surface area contributed by atoms with Crippen molar-refractivity contribution >= 4 is 12.9 Å². The second-order valence-electron chi connectivity index (χ2n) is 6.28. The molecule has 1 aromatic rings. The largest absolute Gasteiger partial charge is 0.469 e. The minimum atomic E-state index is -0.586. The first-order valence-corrected chi connectivity index (χ1v) is 6.79. The smallest absolute Gasteiger partial charge is 0.403 e. The van der Waals surface area contributed by atoms with Gasteiger partial charge in [-0.1, -0.05) is 6.92 Å². The van der Waals surface area contributed by atoms with Crippen LogP contribution in [0.1, 0.15) is 45.0 Å². The summed E-state index contributed by atoms with van der Waals surface area (Å²) in [6, 6.07) is 5.53. The van der Waals surface area contributed by atoms with Gasteiger partial charge in [-0.25, -0.2) is 4.39 Å². The molecule has 5 heteroatoms. The lowest BCUT2D eigenvalue weighted by Crippen LogP contribution is -2.41. The highest BCUT2D eigenvalue weighted by atomic mass is 19.1. The van der Waals surface area contributed by atoms with E-state index in [1.807, 2.05) is 27.7 Å². The molecule has 1 fully saturated rings. The Kier molecular flexibility index (Phi) is 3.78. The van der Waals surface area contributed by atoms with Gasteiger partial charge in [-0.05, 0) is 52.0 Å². The van der Waals surface area contributed by atoms with Crippen molar-refractivity contribution in [3.8, 4) is 0 Å². The van der Waals surface area contributed by atoms with Crippen LogP contribution in [0, 0.1) is 5.82 Å². The molecule has 3 nitrogen and oxygen atoms in total. The Hall–Kier alpha value is -1.20. The van der Waals surface area contributed by atoms with Crippen LogP contribution >= 0.6 is 0 Å². The molecule has 0 aliphatic carbocycles. The topological polar surface area (TPSA) is 35.5 Å². The van der Waals surface area contributed by atoms with Crippen LogP contribution in [0.4, 0.5) is 4.39 Å². The number of hydrogen-bond acceptors (Lipinski definition) is 3. The Balaban J connectivity index is 2.15. The molecule has 0 spiro atoms. The number of hydrogen-bond donors (Lipinski definition) is 0. The van der Waals surface area contributed by atoms with Gasteiger partial charge in [0.2, 0.25) is 0 Å². The van der Waals surface area contributed by atoms with Crippen molar-refractivity contribution < 1.29 is 18.5 Å². The maximum absolute atomic E-state index is 12.9. The molecule has 1 heterocycles. The molecule has 1 aromatic carbocycles. The van der Waals surface area contributed by atoms with E-state index in [2.05, 4.69) is 0 Å². The van der Waals surface area contributed by atoms with Crippen molar-refractivity contribution in [2.24, 2.45) is 0 Å². The minimum Gasteiger partial charge on any atom is -0.403 e. The number of Topliss-reactive ketones (excluding diaryl/α,β-unsaturated/α-hetero) is 1. The zero-order chi connectivity index (χ0) is 15.1. The lowest BCUT2D eigenvalue weighted by Gasteiger charge is -2.32. The van der Waals surface area contributed by atoms with Gasteiger partial charge in [0.15, 0.2) is 5.78 Å². The normalized spacial score (nSPS) is 21.8. The van der Waals surface area contributed by atoms with Crippen LogP contribution in [-0.2, 0) is 9.31 Å². The van der Waals surface area contributed by atoms with E-state index in [9.17, 15) is 9.18 Å². The number of rotatable bonds is 3. The standard InChI is InChI=1S/C15H20BFO3/c1-10(13(18)11-6-8-12(17)9-7-11)16-19-14(2,3)15(4,5)20-16/h6-10H,1-5H3/t10-/m1/s1. The minimum absolute atomic E-state index is 0.108. The zero-order valence-corrected chi connectivity index (χ0v) is 12.6. The average Bonchev–Trinajstić information content (AvgIpc) is 2.57. The van der Waals surface area contributed by atoms with Crippen LogP contribution < -0.4 is 0 Å². The Labute approximate surface area is 119 Å². The monoisotopic (exact) mass is 278 g/mol. The molecule has 108 valence electrons. The molecular weight excluding hydrogens is 258 g/mol.